The summed E-state index contributed by atoms with van der Waals surface area (Å²) in [5, 5.41) is 9.02. The van der Waals surface area contributed by atoms with E-state index in [4.69, 9.17) is 10.8 Å². The molecule has 16 heavy (non-hydrogen) atoms. The lowest BCUT2D eigenvalue weighted by molar-refractivity contribution is 0.431. The first-order chi connectivity index (χ1) is 7.15. The van der Waals surface area contributed by atoms with Crippen molar-refractivity contribution >= 4 is 12.4 Å². The summed E-state index contributed by atoms with van der Waals surface area (Å²) in [6.07, 6.45) is 4.21. The third-order valence-electron chi connectivity index (χ3n) is 2.52. The Balaban J connectivity index is 0.00000225. The van der Waals surface area contributed by atoms with E-state index in [0.29, 0.717) is 0 Å². The molecule has 0 aliphatic heterocycles. The average Bonchev–Trinajstić information content (AvgIpc) is 2.22. The normalized spacial score (nSPS) is 11.9. The Morgan fingerprint density at radius 3 is 2.62 bits per heavy atom. The van der Waals surface area contributed by atoms with Crippen LogP contribution in [0.2, 0.25) is 0 Å². The number of aromatic hydroxyl groups is 1. The lowest BCUT2D eigenvalue weighted by Crippen LogP contribution is -2.10. The molecule has 1 rings (SSSR count). The van der Waals surface area contributed by atoms with Gasteiger partial charge in [-0.2, -0.15) is 0 Å². The zero-order valence-electron chi connectivity index (χ0n) is 9.45. The number of hydrogen-bond donors (Lipinski definition) is 2. The molecule has 0 saturated carbocycles. The highest BCUT2D eigenvalue weighted by atomic mass is 35.5. The fourth-order valence-electron chi connectivity index (χ4n) is 1.53. The standard InChI is InChI=1S/C12H18FNO.ClH/c1-2-3-4-5-11(14)9-6-7-12(15)10(13)8-9;/h6-8,11,15H,2-5,14H2,1H3;1H/t11-;/m1./s1. The van der Waals surface area contributed by atoms with Crippen molar-refractivity contribution in [1.29, 1.82) is 0 Å². The van der Waals surface area contributed by atoms with Gasteiger partial charge in [-0.25, -0.2) is 4.39 Å². The van der Waals surface area contributed by atoms with Crippen LogP contribution in [0.25, 0.3) is 0 Å². The zero-order valence-corrected chi connectivity index (χ0v) is 10.3. The molecule has 1 aromatic carbocycles. The highest BCUT2D eigenvalue weighted by Crippen LogP contribution is 2.22. The molecule has 1 aromatic rings. The summed E-state index contributed by atoms with van der Waals surface area (Å²) in [5.74, 6) is -0.919. The topological polar surface area (TPSA) is 46.2 Å². The minimum atomic E-state index is -0.599. The summed E-state index contributed by atoms with van der Waals surface area (Å²) in [7, 11) is 0. The van der Waals surface area contributed by atoms with Crippen LogP contribution in [0.3, 0.4) is 0 Å². The summed E-state index contributed by atoms with van der Waals surface area (Å²) in [6.45, 7) is 2.13. The van der Waals surface area contributed by atoms with E-state index in [0.717, 1.165) is 31.2 Å². The van der Waals surface area contributed by atoms with E-state index < -0.39 is 5.82 Å². The summed E-state index contributed by atoms with van der Waals surface area (Å²) < 4.78 is 13.0. The lowest BCUT2D eigenvalue weighted by atomic mass is 10.0. The Kier molecular flexibility index (Phi) is 7.10. The van der Waals surface area contributed by atoms with Crippen molar-refractivity contribution < 1.29 is 9.50 Å². The van der Waals surface area contributed by atoms with Crippen molar-refractivity contribution in [1.82, 2.24) is 0 Å². The first-order valence-corrected chi connectivity index (χ1v) is 5.39. The first-order valence-electron chi connectivity index (χ1n) is 5.39. The number of halogens is 2. The van der Waals surface area contributed by atoms with Gasteiger partial charge in [0.1, 0.15) is 0 Å². The third-order valence-corrected chi connectivity index (χ3v) is 2.52. The maximum Gasteiger partial charge on any atom is 0.165 e. The van der Waals surface area contributed by atoms with Crippen LogP contribution in [0, 0.1) is 5.82 Å². The van der Waals surface area contributed by atoms with E-state index >= 15 is 0 Å². The number of unbranched alkanes of at least 4 members (excludes halogenated alkanes) is 2. The van der Waals surface area contributed by atoms with Crippen molar-refractivity contribution in [3.8, 4) is 5.75 Å². The third kappa shape index (κ3) is 4.37. The fourth-order valence-corrected chi connectivity index (χ4v) is 1.53. The van der Waals surface area contributed by atoms with Crippen LogP contribution in [-0.2, 0) is 0 Å². The zero-order chi connectivity index (χ0) is 11.3. The molecule has 0 spiro atoms. The molecule has 0 amide bonds. The van der Waals surface area contributed by atoms with Gasteiger partial charge in [0, 0.05) is 6.04 Å². The molecule has 0 saturated heterocycles. The van der Waals surface area contributed by atoms with Crippen LogP contribution < -0.4 is 5.73 Å². The van der Waals surface area contributed by atoms with Gasteiger partial charge in [0.2, 0.25) is 0 Å². The van der Waals surface area contributed by atoms with Gasteiger partial charge in [-0.3, -0.25) is 0 Å². The van der Waals surface area contributed by atoms with Gasteiger partial charge in [0.25, 0.3) is 0 Å². The Hall–Kier alpha value is -0.800. The summed E-state index contributed by atoms with van der Waals surface area (Å²) >= 11 is 0. The van der Waals surface area contributed by atoms with E-state index in [9.17, 15) is 4.39 Å². The molecule has 3 N–H and O–H groups in total. The number of hydrogen-bond acceptors (Lipinski definition) is 2. The Morgan fingerprint density at radius 2 is 2.06 bits per heavy atom. The SMILES string of the molecule is CCCCC[C@@H](N)c1ccc(O)c(F)c1.Cl. The van der Waals surface area contributed by atoms with Gasteiger partial charge in [0.05, 0.1) is 0 Å². The molecule has 0 aliphatic rings. The smallest absolute Gasteiger partial charge is 0.165 e. The Labute approximate surface area is 102 Å². The maximum atomic E-state index is 13.0. The van der Waals surface area contributed by atoms with Crippen LogP contribution in [0.5, 0.6) is 5.75 Å². The van der Waals surface area contributed by atoms with Crippen molar-refractivity contribution in [2.45, 2.75) is 38.6 Å². The number of phenolic OH excluding ortho intramolecular Hbond substituents is 1. The van der Waals surface area contributed by atoms with Gasteiger partial charge in [-0.15, -0.1) is 12.4 Å². The van der Waals surface area contributed by atoms with Crippen LogP contribution >= 0.6 is 12.4 Å². The van der Waals surface area contributed by atoms with Gasteiger partial charge in [0.15, 0.2) is 11.6 Å². The summed E-state index contributed by atoms with van der Waals surface area (Å²) in [6, 6.07) is 4.21. The minimum Gasteiger partial charge on any atom is -0.505 e. The van der Waals surface area contributed by atoms with Gasteiger partial charge in [-0.1, -0.05) is 32.3 Å². The van der Waals surface area contributed by atoms with Crippen molar-refractivity contribution in [2.75, 3.05) is 0 Å². The highest BCUT2D eigenvalue weighted by Gasteiger charge is 2.08. The molecule has 0 aliphatic carbocycles. The fraction of sp³-hybridized carbons (Fsp3) is 0.500. The van der Waals surface area contributed by atoms with Crippen molar-refractivity contribution in [3.63, 3.8) is 0 Å². The second-order valence-electron chi connectivity index (χ2n) is 3.81. The lowest BCUT2D eigenvalue weighted by Gasteiger charge is -2.11. The van der Waals surface area contributed by atoms with Crippen molar-refractivity contribution in [2.24, 2.45) is 5.73 Å². The molecule has 0 unspecified atom stereocenters. The quantitative estimate of drug-likeness (QED) is 0.782. The van der Waals surface area contributed by atoms with Crippen LogP contribution in [-0.4, -0.2) is 5.11 Å². The van der Waals surface area contributed by atoms with E-state index in [1.807, 2.05) is 0 Å². The molecule has 2 nitrogen and oxygen atoms in total. The van der Waals surface area contributed by atoms with E-state index in [1.165, 1.54) is 12.1 Å². The predicted molar refractivity (Wildman–Crippen MR) is 66.4 cm³/mol. The van der Waals surface area contributed by atoms with E-state index in [1.54, 1.807) is 6.07 Å². The molecule has 0 heterocycles. The monoisotopic (exact) mass is 247 g/mol. The summed E-state index contributed by atoms with van der Waals surface area (Å²) in [5.41, 5.74) is 6.66. The van der Waals surface area contributed by atoms with Gasteiger partial charge in [-0.05, 0) is 24.1 Å². The maximum absolute atomic E-state index is 13.0. The molecule has 4 heteroatoms. The average molecular weight is 248 g/mol. The summed E-state index contributed by atoms with van der Waals surface area (Å²) in [4.78, 5) is 0. The second-order valence-corrected chi connectivity index (χ2v) is 3.81. The molecule has 0 fully saturated rings. The second kappa shape index (κ2) is 7.47. The number of benzene rings is 1. The van der Waals surface area contributed by atoms with Gasteiger partial charge < -0.3 is 10.8 Å². The van der Waals surface area contributed by atoms with E-state index in [2.05, 4.69) is 6.92 Å². The molecular formula is C12H19ClFNO. The number of phenols is 1. The Morgan fingerprint density at radius 1 is 1.38 bits per heavy atom. The van der Waals surface area contributed by atoms with Crippen molar-refractivity contribution in [3.05, 3.63) is 29.6 Å². The Bertz CT molecular complexity index is 320. The molecule has 0 aromatic heterocycles. The molecular weight excluding hydrogens is 229 g/mol. The largest absolute Gasteiger partial charge is 0.505 e. The highest BCUT2D eigenvalue weighted by molar-refractivity contribution is 5.85. The number of nitrogens with two attached hydrogens (primary N) is 1. The first kappa shape index (κ1) is 15.2. The molecule has 0 radical (unpaired) electrons. The van der Waals surface area contributed by atoms with Crippen LogP contribution in [0.15, 0.2) is 18.2 Å². The van der Waals surface area contributed by atoms with Gasteiger partial charge >= 0.3 is 0 Å². The molecule has 0 bridgehead atoms. The number of rotatable bonds is 5. The predicted octanol–water partition coefficient (Wildman–Crippen LogP) is 3.53. The minimum absolute atomic E-state index is 0. The molecule has 92 valence electrons. The van der Waals surface area contributed by atoms with Crippen LogP contribution in [0.4, 0.5) is 4.39 Å². The van der Waals surface area contributed by atoms with E-state index in [-0.39, 0.29) is 24.2 Å². The van der Waals surface area contributed by atoms with Crippen LogP contribution in [0.1, 0.15) is 44.2 Å². The molecule has 1 atom stereocenters.